The fourth-order valence-electron chi connectivity index (χ4n) is 3.22. The van der Waals surface area contributed by atoms with Gasteiger partial charge in [0.05, 0.1) is 0 Å². The summed E-state index contributed by atoms with van der Waals surface area (Å²) in [4.78, 5) is 9.31. The molecule has 1 saturated heterocycles. The lowest BCUT2D eigenvalue weighted by Crippen LogP contribution is -2.46. The summed E-state index contributed by atoms with van der Waals surface area (Å²) < 4.78 is 0. The number of thiophene rings is 1. The second kappa shape index (κ2) is 10.5. The standard InChI is InChI=1S/C17H30N4S.HI/c1-5-21-9-6-7-16(21)12-20(4)17(18-3)19-11-14(2)15-8-10-22-13-15;/h8,10,13-14,16H,5-7,9,11-12H2,1-4H3,(H,18,19);1H. The van der Waals surface area contributed by atoms with Crippen molar-refractivity contribution in [2.45, 2.75) is 38.6 Å². The average molecular weight is 450 g/mol. The molecule has 1 fully saturated rings. The zero-order valence-corrected chi connectivity index (χ0v) is 17.9. The zero-order valence-electron chi connectivity index (χ0n) is 14.8. The minimum Gasteiger partial charge on any atom is -0.356 e. The number of likely N-dealkylation sites (N-methyl/N-ethyl adjacent to an activating group) is 2. The Bertz CT molecular complexity index is 463. The van der Waals surface area contributed by atoms with Gasteiger partial charge in [0, 0.05) is 33.2 Å². The summed E-state index contributed by atoms with van der Waals surface area (Å²) >= 11 is 1.76. The van der Waals surface area contributed by atoms with E-state index in [0.717, 1.165) is 25.6 Å². The average Bonchev–Trinajstić information content (AvgIpc) is 3.18. The summed E-state index contributed by atoms with van der Waals surface area (Å²) in [5.74, 6) is 1.51. The number of nitrogens with one attached hydrogen (secondary N) is 1. The number of halogens is 1. The lowest BCUT2D eigenvalue weighted by molar-refractivity contribution is 0.232. The summed E-state index contributed by atoms with van der Waals surface area (Å²) in [5.41, 5.74) is 1.41. The predicted octanol–water partition coefficient (Wildman–Crippen LogP) is 3.46. The summed E-state index contributed by atoms with van der Waals surface area (Å²) in [5, 5.41) is 7.90. The topological polar surface area (TPSA) is 30.9 Å². The molecule has 1 aromatic heterocycles. The third kappa shape index (κ3) is 5.90. The fraction of sp³-hybridized carbons (Fsp3) is 0.706. The first-order chi connectivity index (χ1) is 10.7. The van der Waals surface area contributed by atoms with Crippen molar-refractivity contribution in [3.63, 3.8) is 0 Å². The van der Waals surface area contributed by atoms with Crippen LogP contribution in [0.15, 0.2) is 21.8 Å². The number of nitrogens with zero attached hydrogens (tertiary/aromatic N) is 3. The van der Waals surface area contributed by atoms with Gasteiger partial charge in [0.2, 0.25) is 0 Å². The molecular weight excluding hydrogens is 419 g/mol. The van der Waals surface area contributed by atoms with Crippen LogP contribution < -0.4 is 5.32 Å². The van der Waals surface area contributed by atoms with Crippen molar-refractivity contribution in [3.8, 4) is 0 Å². The van der Waals surface area contributed by atoms with Gasteiger partial charge in [-0.05, 0) is 54.2 Å². The van der Waals surface area contributed by atoms with Gasteiger partial charge in [-0.1, -0.05) is 13.8 Å². The Morgan fingerprint density at radius 3 is 2.96 bits per heavy atom. The van der Waals surface area contributed by atoms with Crippen LogP contribution in [-0.4, -0.2) is 62.1 Å². The maximum Gasteiger partial charge on any atom is 0.193 e. The van der Waals surface area contributed by atoms with Crippen LogP contribution in [0.1, 0.15) is 38.2 Å². The normalized spacial score (nSPS) is 20.2. The molecule has 2 rings (SSSR count). The first kappa shape index (κ1) is 20.7. The van der Waals surface area contributed by atoms with Crippen molar-refractivity contribution in [2.75, 3.05) is 40.3 Å². The molecule has 1 aromatic rings. The van der Waals surface area contributed by atoms with Gasteiger partial charge in [-0.3, -0.25) is 9.89 Å². The smallest absolute Gasteiger partial charge is 0.193 e. The summed E-state index contributed by atoms with van der Waals surface area (Å²) in [6.45, 7) is 8.90. The van der Waals surface area contributed by atoms with Gasteiger partial charge < -0.3 is 10.2 Å². The van der Waals surface area contributed by atoms with Gasteiger partial charge in [0.1, 0.15) is 0 Å². The Kier molecular flexibility index (Phi) is 9.46. The molecule has 0 bridgehead atoms. The van der Waals surface area contributed by atoms with Crippen LogP contribution >= 0.6 is 35.3 Å². The monoisotopic (exact) mass is 450 g/mol. The lowest BCUT2D eigenvalue weighted by atomic mass is 10.1. The highest BCUT2D eigenvalue weighted by Gasteiger charge is 2.25. The van der Waals surface area contributed by atoms with Gasteiger partial charge in [0.15, 0.2) is 5.96 Å². The van der Waals surface area contributed by atoms with Gasteiger partial charge in [0.25, 0.3) is 0 Å². The molecule has 1 N–H and O–H groups in total. The molecule has 1 aliphatic rings. The Morgan fingerprint density at radius 1 is 1.57 bits per heavy atom. The molecule has 132 valence electrons. The third-order valence-electron chi connectivity index (χ3n) is 4.64. The molecule has 1 aliphatic heterocycles. The van der Waals surface area contributed by atoms with Crippen molar-refractivity contribution in [1.82, 2.24) is 15.1 Å². The molecule has 2 atom stereocenters. The highest BCUT2D eigenvalue weighted by Crippen LogP contribution is 2.18. The molecule has 0 amide bonds. The van der Waals surface area contributed by atoms with Crippen LogP contribution in [0.2, 0.25) is 0 Å². The molecule has 23 heavy (non-hydrogen) atoms. The molecule has 0 radical (unpaired) electrons. The van der Waals surface area contributed by atoms with Gasteiger partial charge in [-0.2, -0.15) is 11.3 Å². The number of rotatable bonds is 6. The van der Waals surface area contributed by atoms with Crippen molar-refractivity contribution in [3.05, 3.63) is 22.4 Å². The minimum atomic E-state index is 0. The fourth-order valence-corrected chi connectivity index (χ4v) is 4.01. The maximum absolute atomic E-state index is 4.45. The number of guanidine groups is 1. The van der Waals surface area contributed by atoms with Crippen LogP contribution in [0, 0.1) is 0 Å². The zero-order chi connectivity index (χ0) is 15.9. The number of aliphatic imine (C=N–C) groups is 1. The first-order valence-corrected chi connectivity index (χ1v) is 9.27. The lowest BCUT2D eigenvalue weighted by Gasteiger charge is -2.30. The molecule has 0 aliphatic carbocycles. The Morgan fingerprint density at radius 2 is 2.35 bits per heavy atom. The van der Waals surface area contributed by atoms with E-state index in [9.17, 15) is 0 Å². The van der Waals surface area contributed by atoms with E-state index in [2.05, 4.69) is 57.8 Å². The van der Waals surface area contributed by atoms with Crippen LogP contribution in [0.4, 0.5) is 0 Å². The molecule has 4 nitrogen and oxygen atoms in total. The second-order valence-electron chi connectivity index (χ2n) is 6.19. The van der Waals surface area contributed by atoms with Crippen LogP contribution in [0.25, 0.3) is 0 Å². The van der Waals surface area contributed by atoms with Crippen molar-refractivity contribution in [1.29, 1.82) is 0 Å². The third-order valence-corrected chi connectivity index (χ3v) is 5.34. The van der Waals surface area contributed by atoms with E-state index in [1.165, 1.54) is 24.9 Å². The summed E-state index contributed by atoms with van der Waals surface area (Å²) in [7, 11) is 4.02. The van der Waals surface area contributed by atoms with E-state index in [-0.39, 0.29) is 24.0 Å². The Hall–Kier alpha value is -0.340. The van der Waals surface area contributed by atoms with E-state index < -0.39 is 0 Å². The summed E-state index contributed by atoms with van der Waals surface area (Å²) in [6.07, 6.45) is 2.63. The molecule has 0 saturated carbocycles. The molecular formula is C17H31IN4S. The van der Waals surface area contributed by atoms with Gasteiger partial charge in [-0.25, -0.2) is 0 Å². The maximum atomic E-state index is 4.45. The van der Waals surface area contributed by atoms with Crippen LogP contribution in [-0.2, 0) is 0 Å². The molecule has 2 unspecified atom stereocenters. The molecule has 2 heterocycles. The number of likely N-dealkylation sites (tertiary alicyclic amines) is 1. The van der Waals surface area contributed by atoms with Crippen LogP contribution in [0.3, 0.4) is 0 Å². The largest absolute Gasteiger partial charge is 0.356 e. The van der Waals surface area contributed by atoms with Gasteiger partial charge in [-0.15, -0.1) is 24.0 Å². The SMILES string of the molecule is CCN1CCCC1CN(C)C(=NC)NCC(C)c1ccsc1.I. The van der Waals surface area contributed by atoms with E-state index in [4.69, 9.17) is 0 Å². The number of hydrogen-bond donors (Lipinski definition) is 1. The highest BCUT2D eigenvalue weighted by atomic mass is 127. The van der Waals surface area contributed by atoms with E-state index in [1.54, 1.807) is 11.3 Å². The van der Waals surface area contributed by atoms with E-state index in [0.29, 0.717) is 12.0 Å². The first-order valence-electron chi connectivity index (χ1n) is 8.33. The highest BCUT2D eigenvalue weighted by molar-refractivity contribution is 14.0. The Balaban J connectivity index is 0.00000264. The quantitative estimate of drug-likeness (QED) is 0.409. The predicted molar refractivity (Wildman–Crippen MR) is 112 cm³/mol. The van der Waals surface area contributed by atoms with Crippen LogP contribution in [0.5, 0.6) is 0 Å². The van der Waals surface area contributed by atoms with Crippen molar-refractivity contribution < 1.29 is 0 Å². The summed E-state index contributed by atoms with van der Waals surface area (Å²) in [6, 6.07) is 2.88. The number of hydrogen-bond acceptors (Lipinski definition) is 3. The van der Waals surface area contributed by atoms with E-state index >= 15 is 0 Å². The second-order valence-corrected chi connectivity index (χ2v) is 6.97. The van der Waals surface area contributed by atoms with E-state index in [1.807, 2.05) is 7.05 Å². The molecule has 6 heteroatoms. The molecule has 0 spiro atoms. The van der Waals surface area contributed by atoms with Gasteiger partial charge >= 0.3 is 0 Å². The molecule has 0 aromatic carbocycles. The Labute approximate surface area is 162 Å². The van der Waals surface area contributed by atoms with Crippen molar-refractivity contribution >= 4 is 41.3 Å². The van der Waals surface area contributed by atoms with Crippen molar-refractivity contribution in [2.24, 2.45) is 4.99 Å². The minimum absolute atomic E-state index is 0.